The largest absolute Gasteiger partial charge is 0.478 e. The molecule has 3 heterocycles. The van der Waals surface area contributed by atoms with Crippen LogP contribution >= 0.6 is 0 Å². The molecule has 1 amide bonds. The zero-order chi connectivity index (χ0) is 16.7. The molecule has 1 N–H and O–H groups in total. The van der Waals surface area contributed by atoms with E-state index in [0.29, 0.717) is 18.7 Å². The highest BCUT2D eigenvalue weighted by Crippen LogP contribution is 2.33. The van der Waals surface area contributed by atoms with Crippen LogP contribution in [0.25, 0.3) is 0 Å². The molecule has 0 spiro atoms. The van der Waals surface area contributed by atoms with Gasteiger partial charge in [0.05, 0.1) is 11.6 Å². The summed E-state index contributed by atoms with van der Waals surface area (Å²) >= 11 is 0. The molecule has 1 fully saturated rings. The fourth-order valence-electron chi connectivity index (χ4n) is 3.54. The van der Waals surface area contributed by atoms with Gasteiger partial charge in [-0.2, -0.15) is 0 Å². The number of carbonyl (C=O) groups is 2. The van der Waals surface area contributed by atoms with Crippen molar-refractivity contribution in [3.8, 4) is 0 Å². The van der Waals surface area contributed by atoms with Crippen LogP contribution in [0.15, 0.2) is 42.6 Å². The number of amides is 1. The molecule has 1 atom stereocenters. The minimum Gasteiger partial charge on any atom is -0.478 e. The second kappa shape index (κ2) is 5.63. The van der Waals surface area contributed by atoms with Crippen LogP contribution in [-0.2, 0) is 6.42 Å². The molecule has 0 aliphatic carbocycles. The Morgan fingerprint density at radius 2 is 1.92 bits per heavy atom. The number of rotatable bonds is 2. The summed E-state index contributed by atoms with van der Waals surface area (Å²) in [6, 6.07) is 11.2. The molecule has 2 aliphatic rings. The first-order valence-corrected chi connectivity index (χ1v) is 7.96. The zero-order valence-corrected chi connectivity index (χ0v) is 13.1. The Kier molecular flexibility index (Phi) is 3.45. The SMILES string of the molecule is O=C(O)c1cnc2c(c1)CC1CN(C(=O)c3ccccc3)CCN21. The van der Waals surface area contributed by atoms with E-state index >= 15 is 0 Å². The fraction of sp³-hybridized carbons (Fsp3) is 0.278. The average Bonchev–Trinajstić information content (AvgIpc) is 2.98. The number of carboxylic acid groups (broad SMARTS) is 1. The van der Waals surface area contributed by atoms with Crippen LogP contribution < -0.4 is 4.90 Å². The summed E-state index contributed by atoms with van der Waals surface area (Å²) in [6.45, 7) is 1.99. The van der Waals surface area contributed by atoms with Crippen LogP contribution in [-0.4, -0.2) is 52.5 Å². The number of carbonyl (C=O) groups excluding carboxylic acids is 1. The summed E-state index contributed by atoms with van der Waals surface area (Å²) in [7, 11) is 0. The van der Waals surface area contributed by atoms with E-state index in [9.17, 15) is 9.59 Å². The first kappa shape index (κ1) is 14.7. The van der Waals surface area contributed by atoms with Crippen molar-refractivity contribution < 1.29 is 14.7 Å². The molecular weight excluding hydrogens is 306 g/mol. The number of nitrogens with zero attached hydrogens (tertiary/aromatic N) is 3. The van der Waals surface area contributed by atoms with Crippen LogP contribution in [0.2, 0.25) is 0 Å². The molecule has 6 nitrogen and oxygen atoms in total. The topological polar surface area (TPSA) is 73.7 Å². The van der Waals surface area contributed by atoms with Gasteiger partial charge >= 0.3 is 5.97 Å². The van der Waals surface area contributed by atoms with Crippen molar-refractivity contribution in [1.29, 1.82) is 0 Å². The van der Waals surface area contributed by atoms with Gasteiger partial charge in [0, 0.05) is 31.4 Å². The number of fused-ring (bicyclic) bond motifs is 3. The summed E-state index contributed by atoms with van der Waals surface area (Å²) in [4.78, 5) is 32.1. The molecule has 4 rings (SSSR count). The third-order valence-electron chi connectivity index (χ3n) is 4.71. The monoisotopic (exact) mass is 323 g/mol. The van der Waals surface area contributed by atoms with Gasteiger partial charge in [-0.05, 0) is 30.2 Å². The Morgan fingerprint density at radius 1 is 1.12 bits per heavy atom. The predicted octanol–water partition coefficient (Wildman–Crippen LogP) is 1.67. The first-order chi connectivity index (χ1) is 11.6. The molecule has 0 radical (unpaired) electrons. The summed E-state index contributed by atoms with van der Waals surface area (Å²) in [5.74, 6) is -0.0572. The summed E-state index contributed by atoms with van der Waals surface area (Å²) in [6.07, 6.45) is 2.13. The van der Waals surface area contributed by atoms with Gasteiger partial charge in [-0.1, -0.05) is 18.2 Å². The number of pyridine rings is 1. The maximum atomic E-state index is 12.6. The Morgan fingerprint density at radius 3 is 2.67 bits per heavy atom. The summed E-state index contributed by atoms with van der Waals surface area (Å²) in [5, 5.41) is 9.11. The lowest BCUT2D eigenvalue weighted by Crippen LogP contribution is -2.53. The molecule has 2 aliphatic heterocycles. The molecular formula is C18H17N3O3. The van der Waals surface area contributed by atoms with Crippen molar-refractivity contribution in [2.45, 2.75) is 12.5 Å². The minimum absolute atomic E-state index is 0.0467. The van der Waals surface area contributed by atoms with Crippen LogP contribution in [0.4, 0.5) is 5.82 Å². The van der Waals surface area contributed by atoms with E-state index in [1.54, 1.807) is 6.07 Å². The van der Waals surface area contributed by atoms with Gasteiger partial charge in [-0.15, -0.1) is 0 Å². The Labute approximate surface area is 139 Å². The molecule has 1 aromatic carbocycles. The summed E-state index contributed by atoms with van der Waals surface area (Å²) in [5.41, 5.74) is 1.87. The molecule has 122 valence electrons. The maximum Gasteiger partial charge on any atom is 0.337 e. The molecule has 1 saturated heterocycles. The van der Waals surface area contributed by atoms with Crippen molar-refractivity contribution >= 4 is 17.7 Å². The summed E-state index contributed by atoms with van der Waals surface area (Å²) < 4.78 is 0. The maximum absolute atomic E-state index is 12.6. The molecule has 24 heavy (non-hydrogen) atoms. The number of aromatic carboxylic acids is 1. The van der Waals surface area contributed by atoms with E-state index < -0.39 is 5.97 Å². The Hall–Kier alpha value is -2.89. The van der Waals surface area contributed by atoms with Gasteiger partial charge in [-0.25, -0.2) is 9.78 Å². The standard InChI is InChI=1S/C18H17N3O3/c22-17(12-4-2-1-3-5-12)20-6-7-21-15(11-20)9-13-8-14(18(23)24)10-19-16(13)21/h1-5,8,10,15H,6-7,9,11H2,(H,23,24). The number of hydrogen-bond acceptors (Lipinski definition) is 4. The van der Waals surface area contributed by atoms with Gasteiger partial charge in [0.25, 0.3) is 5.91 Å². The van der Waals surface area contributed by atoms with Crippen molar-refractivity contribution in [1.82, 2.24) is 9.88 Å². The number of carboxylic acids is 1. The number of piperazine rings is 1. The Bertz CT molecular complexity index is 806. The molecule has 1 aromatic heterocycles. The number of aromatic nitrogens is 1. The van der Waals surface area contributed by atoms with Gasteiger partial charge in [0.15, 0.2) is 0 Å². The van der Waals surface area contributed by atoms with E-state index in [0.717, 1.165) is 24.3 Å². The minimum atomic E-state index is -0.962. The molecule has 0 bridgehead atoms. The highest BCUT2D eigenvalue weighted by molar-refractivity contribution is 5.94. The highest BCUT2D eigenvalue weighted by atomic mass is 16.4. The van der Waals surface area contributed by atoms with Gasteiger partial charge in [0.2, 0.25) is 0 Å². The van der Waals surface area contributed by atoms with Crippen molar-refractivity contribution in [3.05, 3.63) is 59.3 Å². The lowest BCUT2D eigenvalue weighted by atomic mass is 10.1. The predicted molar refractivity (Wildman–Crippen MR) is 88.4 cm³/mol. The van der Waals surface area contributed by atoms with E-state index in [4.69, 9.17) is 5.11 Å². The van der Waals surface area contributed by atoms with Crippen LogP contribution in [0.5, 0.6) is 0 Å². The normalized spacial score (nSPS) is 18.9. The molecule has 1 unspecified atom stereocenters. The van der Waals surface area contributed by atoms with E-state index in [2.05, 4.69) is 9.88 Å². The fourth-order valence-corrected chi connectivity index (χ4v) is 3.54. The highest BCUT2D eigenvalue weighted by Gasteiger charge is 2.37. The van der Waals surface area contributed by atoms with Crippen molar-refractivity contribution in [3.63, 3.8) is 0 Å². The van der Waals surface area contributed by atoms with E-state index in [1.165, 1.54) is 6.20 Å². The first-order valence-electron chi connectivity index (χ1n) is 7.96. The molecule has 0 saturated carbocycles. The number of benzene rings is 1. The quantitative estimate of drug-likeness (QED) is 0.910. The molecule has 6 heteroatoms. The van der Waals surface area contributed by atoms with E-state index in [1.807, 2.05) is 35.2 Å². The number of hydrogen-bond donors (Lipinski definition) is 1. The Balaban J connectivity index is 1.53. The van der Waals surface area contributed by atoms with Gasteiger partial charge in [0.1, 0.15) is 5.82 Å². The smallest absolute Gasteiger partial charge is 0.337 e. The van der Waals surface area contributed by atoms with Crippen LogP contribution in [0.1, 0.15) is 26.3 Å². The van der Waals surface area contributed by atoms with Crippen molar-refractivity contribution in [2.24, 2.45) is 0 Å². The third-order valence-corrected chi connectivity index (χ3v) is 4.71. The van der Waals surface area contributed by atoms with Gasteiger partial charge < -0.3 is 14.9 Å². The number of anilines is 1. The van der Waals surface area contributed by atoms with Crippen molar-refractivity contribution in [2.75, 3.05) is 24.5 Å². The second-order valence-corrected chi connectivity index (χ2v) is 6.18. The van der Waals surface area contributed by atoms with E-state index in [-0.39, 0.29) is 17.5 Å². The molecule has 2 aromatic rings. The third kappa shape index (κ3) is 2.40. The van der Waals surface area contributed by atoms with Crippen LogP contribution in [0, 0.1) is 0 Å². The van der Waals surface area contributed by atoms with Crippen LogP contribution in [0.3, 0.4) is 0 Å². The van der Waals surface area contributed by atoms with Gasteiger partial charge in [-0.3, -0.25) is 4.79 Å². The lowest BCUT2D eigenvalue weighted by Gasteiger charge is -2.38. The average molecular weight is 323 g/mol. The second-order valence-electron chi connectivity index (χ2n) is 6.18. The lowest BCUT2D eigenvalue weighted by molar-refractivity contribution is 0.0694. The zero-order valence-electron chi connectivity index (χ0n) is 13.1.